The predicted molar refractivity (Wildman–Crippen MR) is 99.8 cm³/mol. The normalized spacial score (nSPS) is 11.7. The number of hydrogen-bond donors (Lipinski definition) is 3. The summed E-state index contributed by atoms with van der Waals surface area (Å²) in [6.07, 6.45) is 1.74. The van der Waals surface area contributed by atoms with E-state index >= 15 is 0 Å². The quantitative estimate of drug-likeness (QED) is 0.499. The molecule has 26 heavy (non-hydrogen) atoms. The molecule has 0 amide bonds. The van der Waals surface area contributed by atoms with Crippen LogP contribution < -0.4 is 10.0 Å². The minimum absolute atomic E-state index is 0.0163. The topological polar surface area (TPSA) is 100 Å². The first kappa shape index (κ1) is 18.4. The van der Waals surface area contributed by atoms with Gasteiger partial charge in [0.2, 0.25) is 10.0 Å². The van der Waals surface area contributed by atoms with E-state index in [1.54, 1.807) is 18.3 Å². The van der Waals surface area contributed by atoms with Crippen LogP contribution in [0.25, 0.3) is 11.5 Å². The number of nitrogens with one attached hydrogen (secondary N) is 3. The van der Waals surface area contributed by atoms with E-state index < -0.39 is 10.0 Å². The maximum atomic E-state index is 12.1. The summed E-state index contributed by atoms with van der Waals surface area (Å²) in [6, 6.07) is 12.9. The SMILES string of the molecule is Cc1ccc(-c2[nH]ncc2CNCCNS(=O)(=O)Cc2ccccc2)o1. The smallest absolute Gasteiger partial charge is 0.215 e. The summed E-state index contributed by atoms with van der Waals surface area (Å²) in [4.78, 5) is 0. The lowest BCUT2D eigenvalue weighted by atomic mass is 10.2. The van der Waals surface area contributed by atoms with Crippen molar-refractivity contribution in [2.24, 2.45) is 0 Å². The minimum atomic E-state index is -3.34. The van der Waals surface area contributed by atoms with Crippen molar-refractivity contribution >= 4 is 10.0 Å². The third kappa shape index (κ3) is 5.04. The van der Waals surface area contributed by atoms with Crippen molar-refractivity contribution in [1.29, 1.82) is 0 Å². The van der Waals surface area contributed by atoms with Crippen molar-refractivity contribution in [1.82, 2.24) is 20.2 Å². The molecule has 0 aliphatic heterocycles. The zero-order valence-corrected chi connectivity index (χ0v) is 15.3. The number of hydrogen-bond acceptors (Lipinski definition) is 5. The number of sulfonamides is 1. The molecule has 3 aromatic rings. The van der Waals surface area contributed by atoms with Crippen molar-refractivity contribution in [3.63, 3.8) is 0 Å². The third-order valence-electron chi connectivity index (χ3n) is 3.84. The maximum Gasteiger partial charge on any atom is 0.215 e. The van der Waals surface area contributed by atoms with Crippen LogP contribution >= 0.6 is 0 Å². The molecule has 0 saturated heterocycles. The van der Waals surface area contributed by atoms with Crippen molar-refractivity contribution in [3.8, 4) is 11.5 Å². The molecule has 8 heteroatoms. The minimum Gasteiger partial charge on any atom is -0.460 e. The summed E-state index contributed by atoms with van der Waals surface area (Å²) in [5, 5.41) is 10.2. The van der Waals surface area contributed by atoms with Crippen LogP contribution in [0.1, 0.15) is 16.9 Å². The van der Waals surface area contributed by atoms with Crippen LogP contribution in [0.15, 0.2) is 53.1 Å². The van der Waals surface area contributed by atoms with Gasteiger partial charge < -0.3 is 9.73 Å². The Hall–Kier alpha value is -2.42. The molecule has 0 spiro atoms. The number of aryl methyl sites for hydroxylation is 1. The first-order chi connectivity index (χ1) is 12.5. The summed E-state index contributed by atoms with van der Waals surface area (Å²) in [7, 11) is -3.34. The van der Waals surface area contributed by atoms with Gasteiger partial charge in [0.1, 0.15) is 11.5 Å². The van der Waals surface area contributed by atoms with Gasteiger partial charge in [-0.15, -0.1) is 0 Å². The average Bonchev–Trinajstić information content (AvgIpc) is 3.23. The molecule has 0 saturated carbocycles. The fourth-order valence-corrected chi connectivity index (χ4v) is 3.74. The van der Waals surface area contributed by atoms with Crippen molar-refractivity contribution in [2.45, 2.75) is 19.2 Å². The lowest BCUT2D eigenvalue weighted by Gasteiger charge is -2.08. The molecule has 0 aliphatic rings. The van der Waals surface area contributed by atoms with Crippen molar-refractivity contribution < 1.29 is 12.8 Å². The van der Waals surface area contributed by atoms with Gasteiger partial charge in [0.25, 0.3) is 0 Å². The molecular weight excluding hydrogens is 352 g/mol. The molecule has 3 N–H and O–H groups in total. The third-order valence-corrected chi connectivity index (χ3v) is 5.20. The molecule has 0 unspecified atom stereocenters. The highest BCUT2D eigenvalue weighted by molar-refractivity contribution is 7.88. The zero-order chi connectivity index (χ0) is 18.4. The van der Waals surface area contributed by atoms with Gasteiger partial charge in [-0.2, -0.15) is 5.10 Å². The van der Waals surface area contributed by atoms with Gasteiger partial charge in [0.15, 0.2) is 5.76 Å². The fraction of sp³-hybridized carbons (Fsp3) is 0.278. The number of aromatic nitrogens is 2. The summed E-state index contributed by atoms with van der Waals surface area (Å²) >= 11 is 0. The lowest BCUT2D eigenvalue weighted by molar-refractivity contribution is 0.545. The summed E-state index contributed by atoms with van der Waals surface area (Å²) in [5.41, 5.74) is 2.56. The average molecular weight is 374 g/mol. The molecule has 0 aliphatic carbocycles. The van der Waals surface area contributed by atoms with Crippen molar-refractivity contribution in [2.75, 3.05) is 13.1 Å². The summed E-state index contributed by atoms with van der Waals surface area (Å²) < 4.78 is 32.3. The Bertz CT molecular complexity index is 932. The maximum absolute atomic E-state index is 12.1. The van der Waals surface area contributed by atoms with Gasteiger partial charge in [-0.05, 0) is 24.6 Å². The number of H-pyrrole nitrogens is 1. The van der Waals surface area contributed by atoms with Gasteiger partial charge in [-0.1, -0.05) is 30.3 Å². The van der Waals surface area contributed by atoms with Crippen LogP contribution in [-0.4, -0.2) is 31.7 Å². The van der Waals surface area contributed by atoms with Gasteiger partial charge in [-0.3, -0.25) is 5.10 Å². The number of benzene rings is 1. The molecular formula is C18H22N4O3S. The first-order valence-electron chi connectivity index (χ1n) is 8.34. The Morgan fingerprint density at radius 2 is 1.92 bits per heavy atom. The second-order valence-electron chi connectivity index (χ2n) is 6.00. The van der Waals surface area contributed by atoms with E-state index in [0.717, 1.165) is 28.3 Å². The Morgan fingerprint density at radius 1 is 1.12 bits per heavy atom. The van der Waals surface area contributed by atoms with Crippen LogP contribution in [0.4, 0.5) is 0 Å². The van der Waals surface area contributed by atoms with E-state index in [0.29, 0.717) is 19.6 Å². The molecule has 7 nitrogen and oxygen atoms in total. The molecule has 1 aromatic carbocycles. The molecule has 138 valence electrons. The largest absolute Gasteiger partial charge is 0.460 e. The zero-order valence-electron chi connectivity index (χ0n) is 14.5. The summed E-state index contributed by atoms with van der Waals surface area (Å²) in [6.45, 7) is 3.28. The van der Waals surface area contributed by atoms with E-state index in [4.69, 9.17) is 4.42 Å². The number of rotatable bonds is 9. The van der Waals surface area contributed by atoms with Crippen LogP contribution in [0.5, 0.6) is 0 Å². The molecule has 0 fully saturated rings. The molecule has 3 rings (SSSR count). The van der Waals surface area contributed by atoms with Crippen LogP contribution in [-0.2, 0) is 22.3 Å². The first-order valence-corrected chi connectivity index (χ1v) is 10.00. The molecule has 0 atom stereocenters. The monoisotopic (exact) mass is 374 g/mol. The van der Waals surface area contributed by atoms with Crippen LogP contribution in [0, 0.1) is 6.92 Å². The van der Waals surface area contributed by atoms with Gasteiger partial charge >= 0.3 is 0 Å². The van der Waals surface area contributed by atoms with Gasteiger partial charge in [0.05, 0.1) is 11.9 Å². The second kappa shape index (κ2) is 8.31. The lowest BCUT2D eigenvalue weighted by Crippen LogP contribution is -2.32. The standard InChI is InChI=1S/C18H22N4O3S/c1-14-7-8-17(25-14)18-16(12-20-22-18)11-19-9-10-21-26(23,24)13-15-5-3-2-4-6-15/h2-8,12,19,21H,9-11,13H2,1H3,(H,20,22). The van der Waals surface area contributed by atoms with Crippen LogP contribution in [0.2, 0.25) is 0 Å². The fourth-order valence-electron chi connectivity index (χ4n) is 2.59. The Morgan fingerprint density at radius 3 is 2.65 bits per heavy atom. The highest BCUT2D eigenvalue weighted by atomic mass is 32.2. The van der Waals surface area contributed by atoms with Gasteiger partial charge in [0, 0.05) is 25.2 Å². The van der Waals surface area contributed by atoms with E-state index in [-0.39, 0.29) is 5.75 Å². The number of nitrogens with zero attached hydrogens (tertiary/aromatic N) is 1. The van der Waals surface area contributed by atoms with E-state index in [9.17, 15) is 8.42 Å². The summed E-state index contributed by atoms with van der Waals surface area (Å²) in [5.74, 6) is 1.55. The van der Waals surface area contributed by atoms with E-state index in [2.05, 4.69) is 20.2 Å². The molecule has 2 aromatic heterocycles. The highest BCUT2D eigenvalue weighted by Gasteiger charge is 2.12. The number of furan rings is 1. The highest BCUT2D eigenvalue weighted by Crippen LogP contribution is 2.23. The Balaban J connectivity index is 1.44. The Labute approximate surface area is 152 Å². The Kier molecular flexibility index (Phi) is 5.87. The van der Waals surface area contributed by atoms with Gasteiger partial charge in [-0.25, -0.2) is 13.1 Å². The van der Waals surface area contributed by atoms with Crippen LogP contribution in [0.3, 0.4) is 0 Å². The van der Waals surface area contributed by atoms with Crippen molar-refractivity contribution in [3.05, 3.63) is 65.5 Å². The molecule has 0 bridgehead atoms. The van der Waals surface area contributed by atoms with E-state index in [1.165, 1.54) is 0 Å². The number of aromatic amines is 1. The molecule has 0 radical (unpaired) electrons. The second-order valence-corrected chi connectivity index (χ2v) is 7.80. The predicted octanol–water partition coefficient (Wildman–Crippen LogP) is 2.19. The molecule has 2 heterocycles. The van der Waals surface area contributed by atoms with E-state index in [1.807, 2.05) is 37.3 Å².